The molecule has 3 nitrogen and oxygen atoms in total. The highest BCUT2D eigenvalue weighted by atomic mass is 19.4. The number of hydrogen-bond donors (Lipinski definition) is 2. The summed E-state index contributed by atoms with van der Waals surface area (Å²) in [6, 6.07) is 7.92. The van der Waals surface area contributed by atoms with E-state index in [1.165, 1.54) is 0 Å². The summed E-state index contributed by atoms with van der Waals surface area (Å²) >= 11 is 0. The van der Waals surface area contributed by atoms with Crippen molar-refractivity contribution in [3.05, 3.63) is 24.3 Å². The first kappa shape index (κ1) is 17.9. The maximum absolute atomic E-state index is 12.1. The largest absolute Gasteiger partial charge is 0.396 e. The van der Waals surface area contributed by atoms with E-state index < -0.39 is 12.6 Å². The van der Waals surface area contributed by atoms with Gasteiger partial charge in [-0.15, -0.1) is 0 Å². The van der Waals surface area contributed by atoms with Crippen LogP contribution in [-0.2, 0) is 0 Å². The Morgan fingerprint density at radius 2 is 1.83 bits per heavy atom. The normalized spacial score (nSPS) is 16.6. The molecule has 2 rings (SSSR count). The zero-order valence-electron chi connectivity index (χ0n) is 13.3. The molecule has 0 atom stereocenters. The summed E-state index contributed by atoms with van der Waals surface area (Å²) in [7, 11) is 0. The van der Waals surface area contributed by atoms with Crippen molar-refractivity contribution in [2.45, 2.75) is 38.3 Å². The van der Waals surface area contributed by atoms with Crippen molar-refractivity contribution >= 4 is 11.4 Å². The zero-order chi connectivity index (χ0) is 16.7. The summed E-state index contributed by atoms with van der Waals surface area (Å²) in [6.07, 6.45) is -2.19. The van der Waals surface area contributed by atoms with Gasteiger partial charge in [0.25, 0.3) is 0 Å². The molecule has 0 spiro atoms. The number of aliphatic hydroxyl groups is 1. The third-order valence-corrected chi connectivity index (χ3v) is 4.32. The molecule has 1 aliphatic heterocycles. The van der Waals surface area contributed by atoms with Crippen LogP contribution in [0.3, 0.4) is 0 Å². The predicted molar refractivity (Wildman–Crippen MR) is 86.9 cm³/mol. The molecule has 0 aromatic heterocycles. The lowest BCUT2D eigenvalue weighted by atomic mass is 9.97. The van der Waals surface area contributed by atoms with Gasteiger partial charge in [0.15, 0.2) is 0 Å². The minimum absolute atomic E-state index is 0.153. The van der Waals surface area contributed by atoms with Gasteiger partial charge in [-0.3, -0.25) is 0 Å². The highest BCUT2D eigenvalue weighted by molar-refractivity contribution is 5.70. The molecule has 23 heavy (non-hydrogen) atoms. The Morgan fingerprint density at radius 1 is 1.13 bits per heavy atom. The van der Waals surface area contributed by atoms with E-state index >= 15 is 0 Å². The fraction of sp³-hybridized carbons (Fsp3) is 0.647. The summed E-state index contributed by atoms with van der Waals surface area (Å²) in [5.74, 6) is 0.383. The third-order valence-electron chi connectivity index (χ3n) is 4.32. The van der Waals surface area contributed by atoms with Gasteiger partial charge in [-0.1, -0.05) is 12.1 Å². The standard InChI is InChI=1S/C17H25F3N2O/c18-17(19,20)9-3-4-10-21-15-5-1-2-6-16(15)22-11-7-14(13-23)8-12-22/h1-2,5-6,14,21,23H,3-4,7-13H2. The minimum atomic E-state index is -4.06. The number of nitrogens with one attached hydrogen (secondary N) is 1. The molecule has 0 bridgehead atoms. The van der Waals surface area contributed by atoms with E-state index in [1.807, 2.05) is 24.3 Å². The van der Waals surface area contributed by atoms with Gasteiger partial charge in [0.05, 0.1) is 11.4 Å². The quantitative estimate of drug-likeness (QED) is 0.741. The number of anilines is 2. The highest BCUT2D eigenvalue weighted by Crippen LogP contribution is 2.30. The molecule has 1 heterocycles. The highest BCUT2D eigenvalue weighted by Gasteiger charge is 2.25. The molecule has 2 N–H and O–H groups in total. The second-order valence-electron chi connectivity index (χ2n) is 6.13. The van der Waals surface area contributed by atoms with Crippen molar-refractivity contribution in [3.63, 3.8) is 0 Å². The zero-order valence-corrected chi connectivity index (χ0v) is 13.3. The molecular weight excluding hydrogens is 305 g/mol. The molecule has 1 aromatic carbocycles. The lowest BCUT2D eigenvalue weighted by Crippen LogP contribution is -2.35. The molecule has 0 saturated carbocycles. The van der Waals surface area contributed by atoms with Crippen LogP contribution in [0.25, 0.3) is 0 Å². The number of rotatable bonds is 7. The Kier molecular flexibility index (Phi) is 6.57. The van der Waals surface area contributed by atoms with E-state index in [-0.39, 0.29) is 13.0 Å². The molecule has 0 radical (unpaired) electrons. The molecule has 1 aliphatic rings. The average molecular weight is 330 g/mol. The number of unbranched alkanes of at least 4 members (excludes halogenated alkanes) is 1. The SMILES string of the molecule is OCC1CCN(c2ccccc2NCCCCC(F)(F)F)CC1. The molecule has 1 aromatic rings. The van der Waals surface area contributed by atoms with E-state index in [9.17, 15) is 18.3 Å². The van der Waals surface area contributed by atoms with Crippen molar-refractivity contribution in [3.8, 4) is 0 Å². The van der Waals surface area contributed by atoms with E-state index in [0.717, 1.165) is 37.3 Å². The summed E-state index contributed by atoms with van der Waals surface area (Å²) < 4.78 is 36.4. The fourth-order valence-electron chi connectivity index (χ4n) is 2.93. The topological polar surface area (TPSA) is 35.5 Å². The van der Waals surface area contributed by atoms with Gasteiger partial charge < -0.3 is 15.3 Å². The van der Waals surface area contributed by atoms with E-state index in [1.54, 1.807) is 0 Å². The van der Waals surface area contributed by atoms with Crippen LogP contribution in [0.15, 0.2) is 24.3 Å². The number of para-hydroxylation sites is 2. The number of piperidine rings is 1. The van der Waals surface area contributed by atoms with Crippen LogP contribution in [0.4, 0.5) is 24.5 Å². The molecule has 6 heteroatoms. The Hall–Kier alpha value is -1.43. The molecule has 0 unspecified atom stereocenters. The maximum Gasteiger partial charge on any atom is 0.389 e. The number of alkyl halides is 3. The van der Waals surface area contributed by atoms with Crippen LogP contribution in [0, 0.1) is 5.92 Å². The Morgan fingerprint density at radius 3 is 2.48 bits per heavy atom. The van der Waals surface area contributed by atoms with Gasteiger partial charge >= 0.3 is 6.18 Å². The van der Waals surface area contributed by atoms with Gasteiger partial charge in [-0.25, -0.2) is 0 Å². The van der Waals surface area contributed by atoms with Gasteiger partial charge in [0.2, 0.25) is 0 Å². The van der Waals surface area contributed by atoms with Crippen molar-refractivity contribution in [2.75, 3.05) is 36.5 Å². The molecule has 0 aliphatic carbocycles. The first-order valence-corrected chi connectivity index (χ1v) is 8.25. The van der Waals surface area contributed by atoms with E-state index in [4.69, 9.17) is 0 Å². The van der Waals surface area contributed by atoms with Crippen LogP contribution in [0.1, 0.15) is 32.1 Å². The lowest BCUT2D eigenvalue weighted by Gasteiger charge is -2.34. The van der Waals surface area contributed by atoms with Gasteiger partial charge in [0.1, 0.15) is 0 Å². The number of halogens is 3. The first-order chi connectivity index (χ1) is 11.0. The number of nitrogens with zero attached hydrogens (tertiary/aromatic N) is 1. The van der Waals surface area contributed by atoms with Crippen LogP contribution in [0.5, 0.6) is 0 Å². The first-order valence-electron chi connectivity index (χ1n) is 8.25. The van der Waals surface area contributed by atoms with Crippen molar-refractivity contribution in [1.29, 1.82) is 0 Å². The predicted octanol–water partition coefficient (Wildman–Crippen LogP) is 4.04. The maximum atomic E-state index is 12.1. The van der Waals surface area contributed by atoms with Gasteiger partial charge in [0, 0.05) is 32.7 Å². The third kappa shape index (κ3) is 5.94. The lowest BCUT2D eigenvalue weighted by molar-refractivity contribution is -0.135. The summed E-state index contributed by atoms with van der Waals surface area (Å²) in [5.41, 5.74) is 2.07. The molecule has 130 valence electrons. The van der Waals surface area contributed by atoms with Crippen LogP contribution >= 0.6 is 0 Å². The molecular formula is C17H25F3N2O. The van der Waals surface area contributed by atoms with Crippen molar-refractivity contribution < 1.29 is 18.3 Å². The summed E-state index contributed by atoms with van der Waals surface area (Å²) in [6.45, 7) is 2.59. The Bertz CT molecular complexity index is 471. The van der Waals surface area contributed by atoms with Crippen LogP contribution in [-0.4, -0.2) is 37.5 Å². The van der Waals surface area contributed by atoms with Crippen molar-refractivity contribution in [1.82, 2.24) is 0 Å². The average Bonchev–Trinajstić information content (AvgIpc) is 2.54. The van der Waals surface area contributed by atoms with Crippen molar-refractivity contribution in [2.24, 2.45) is 5.92 Å². The molecule has 1 saturated heterocycles. The number of hydrogen-bond acceptors (Lipinski definition) is 3. The second kappa shape index (κ2) is 8.43. The smallest absolute Gasteiger partial charge is 0.389 e. The van der Waals surface area contributed by atoms with Crippen LogP contribution in [0.2, 0.25) is 0 Å². The summed E-state index contributed by atoms with van der Waals surface area (Å²) in [5, 5.41) is 12.5. The van der Waals surface area contributed by atoms with E-state index in [0.29, 0.717) is 18.9 Å². The van der Waals surface area contributed by atoms with Gasteiger partial charge in [-0.05, 0) is 43.7 Å². The summed E-state index contributed by atoms with van der Waals surface area (Å²) in [4.78, 5) is 2.28. The minimum Gasteiger partial charge on any atom is -0.396 e. The molecule has 0 amide bonds. The second-order valence-corrected chi connectivity index (χ2v) is 6.13. The Balaban J connectivity index is 1.83. The number of aliphatic hydroxyl groups excluding tert-OH is 1. The Labute approximate surface area is 135 Å². The van der Waals surface area contributed by atoms with E-state index in [2.05, 4.69) is 10.2 Å². The fourth-order valence-corrected chi connectivity index (χ4v) is 2.93. The van der Waals surface area contributed by atoms with Gasteiger partial charge in [-0.2, -0.15) is 13.2 Å². The monoisotopic (exact) mass is 330 g/mol. The molecule has 1 fully saturated rings. The number of benzene rings is 1. The van der Waals surface area contributed by atoms with Crippen LogP contribution < -0.4 is 10.2 Å².